The third-order valence-electron chi connectivity index (χ3n) is 3.92. The van der Waals surface area contributed by atoms with E-state index in [-0.39, 0.29) is 11.6 Å². The quantitative estimate of drug-likeness (QED) is 0.621. The summed E-state index contributed by atoms with van der Waals surface area (Å²) < 4.78 is 0. The van der Waals surface area contributed by atoms with Crippen LogP contribution in [0.5, 0.6) is 0 Å². The molecule has 0 aromatic heterocycles. The van der Waals surface area contributed by atoms with E-state index < -0.39 is 0 Å². The summed E-state index contributed by atoms with van der Waals surface area (Å²) in [5.74, 6) is 0.389. The van der Waals surface area contributed by atoms with Crippen LogP contribution >= 0.6 is 0 Å². The van der Waals surface area contributed by atoms with Gasteiger partial charge in [0, 0.05) is 24.4 Å². The monoisotopic (exact) mass is 302 g/mol. The van der Waals surface area contributed by atoms with Gasteiger partial charge in [-0.3, -0.25) is 10.2 Å². The van der Waals surface area contributed by atoms with E-state index in [1.165, 1.54) is 0 Å². The predicted molar refractivity (Wildman–Crippen MR) is 89.9 cm³/mol. The predicted octanol–water partition coefficient (Wildman–Crippen LogP) is 1.50. The summed E-state index contributed by atoms with van der Waals surface area (Å²) in [4.78, 5) is 12.3. The van der Waals surface area contributed by atoms with Gasteiger partial charge in [-0.25, -0.2) is 0 Å². The highest BCUT2D eigenvalue weighted by atomic mass is 16.1. The number of piperidine rings is 1. The van der Waals surface area contributed by atoms with Crippen molar-refractivity contribution >= 4 is 11.6 Å². The highest BCUT2D eigenvalue weighted by Crippen LogP contribution is 2.15. The minimum atomic E-state index is -0.150. The van der Waals surface area contributed by atoms with Crippen LogP contribution in [0.3, 0.4) is 0 Å². The van der Waals surface area contributed by atoms with Gasteiger partial charge in [-0.15, -0.1) is 0 Å². The van der Waals surface area contributed by atoms with E-state index in [4.69, 9.17) is 5.41 Å². The molecule has 0 unspecified atom stereocenters. The number of hydrogen-bond donors (Lipinski definition) is 4. The van der Waals surface area contributed by atoms with E-state index in [1.807, 2.05) is 26.0 Å². The van der Waals surface area contributed by atoms with Crippen LogP contribution in [-0.4, -0.2) is 37.3 Å². The highest BCUT2D eigenvalue weighted by molar-refractivity contribution is 6.28. The van der Waals surface area contributed by atoms with E-state index >= 15 is 0 Å². The Bertz CT molecular complexity index is 511. The molecule has 5 heteroatoms. The molecule has 2 aliphatic rings. The molecule has 5 nitrogen and oxygen atoms in total. The van der Waals surface area contributed by atoms with Crippen molar-refractivity contribution in [2.75, 3.05) is 19.6 Å². The lowest BCUT2D eigenvalue weighted by molar-refractivity contribution is -0.117. The fourth-order valence-electron chi connectivity index (χ4n) is 2.55. The van der Waals surface area contributed by atoms with Crippen molar-refractivity contribution in [1.29, 1.82) is 5.41 Å². The molecule has 1 aliphatic carbocycles. The molecule has 0 radical (unpaired) electrons. The first kappa shape index (κ1) is 16.5. The second-order valence-electron chi connectivity index (χ2n) is 6.14. The molecule has 0 bridgehead atoms. The Morgan fingerprint density at radius 3 is 2.86 bits per heavy atom. The first-order valence-corrected chi connectivity index (χ1v) is 8.00. The maximum atomic E-state index is 12.3. The molecule has 1 heterocycles. The summed E-state index contributed by atoms with van der Waals surface area (Å²) in [7, 11) is 0. The number of rotatable bonds is 5. The smallest absolute Gasteiger partial charge is 0.253 e. The lowest BCUT2D eigenvalue weighted by Gasteiger charge is -2.23. The maximum Gasteiger partial charge on any atom is 0.253 e. The number of allylic oxidation sites excluding steroid dienone is 4. The molecule has 0 atom stereocenters. The Labute approximate surface area is 132 Å². The van der Waals surface area contributed by atoms with Gasteiger partial charge in [-0.2, -0.15) is 0 Å². The van der Waals surface area contributed by atoms with Crippen molar-refractivity contribution in [2.45, 2.75) is 32.7 Å². The first-order chi connectivity index (χ1) is 10.6. The van der Waals surface area contributed by atoms with Crippen LogP contribution in [0.25, 0.3) is 0 Å². The van der Waals surface area contributed by atoms with Gasteiger partial charge >= 0.3 is 0 Å². The lowest BCUT2D eigenvalue weighted by atomic mass is 9.95. The molecule has 22 heavy (non-hydrogen) atoms. The van der Waals surface area contributed by atoms with Gasteiger partial charge in [0.25, 0.3) is 5.91 Å². The Morgan fingerprint density at radius 1 is 1.45 bits per heavy atom. The van der Waals surface area contributed by atoms with E-state index in [1.54, 1.807) is 12.3 Å². The molecule has 1 amide bonds. The number of carbonyl (C=O) groups is 1. The summed E-state index contributed by atoms with van der Waals surface area (Å²) >= 11 is 0. The van der Waals surface area contributed by atoms with Crippen molar-refractivity contribution in [3.63, 3.8) is 0 Å². The molecular weight excluding hydrogens is 276 g/mol. The molecule has 1 saturated heterocycles. The van der Waals surface area contributed by atoms with Crippen LogP contribution in [0.4, 0.5) is 0 Å². The van der Waals surface area contributed by atoms with Crippen LogP contribution in [0.2, 0.25) is 0 Å². The minimum absolute atomic E-state index is 0.150. The van der Waals surface area contributed by atoms with Crippen LogP contribution < -0.4 is 16.0 Å². The third kappa shape index (κ3) is 4.56. The molecule has 120 valence electrons. The molecule has 0 aromatic carbocycles. The molecule has 0 spiro atoms. The molecule has 1 aliphatic heterocycles. The van der Waals surface area contributed by atoms with Gasteiger partial charge < -0.3 is 16.0 Å². The van der Waals surface area contributed by atoms with Crippen molar-refractivity contribution < 1.29 is 4.79 Å². The maximum absolute atomic E-state index is 12.3. The largest absolute Gasteiger partial charge is 0.388 e. The van der Waals surface area contributed by atoms with Crippen molar-refractivity contribution in [3.8, 4) is 0 Å². The third-order valence-corrected chi connectivity index (χ3v) is 3.92. The van der Waals surface area contributed by atoms with Gasteiger partial charge in [0.1, 0.15) is 0 Å². The fraction of sp³-hybridized carbons (Fsp3) is 0.529. The van der Waals surface area contributed by atoms with E-state index in [2.05, 4.69) is 16.0 Å². The zero-order valence-electron chi connectivity index (χ0n) is 13.4. The summed E-state index contributed by atoms with van der Waals surface area (Å²) in [5.41, 5.74) is 1.45. The summed E-state index contributed by atoms with van der Waals surface area (Å²) in [6.45, 7) is 6.81. The topological polar surface area (TPSA) is 77.0 Å². The standard InChI is InChI=1S/C17H26N4O/c1-12(2)20-11-14-4-3-5-15(16(14)18)17(22)21-10-13-6-8-19-9-7-13/h3-5,11-13,18-20H,6-10H2,1-2H3,(H,21,22)/b14-11-,18-16?. The Balaban J connectivity index is 1.91. The van der Waals surface area contributed by atoms with Crippen LogP contribution in [0.15, 0.2) is 35.6 Å². The fourth-order valence-corrected chi connectivity index (χ4v) is 2.55. The highest BCUT2D eigenvalue weighted by Gasteiger charge is 2.20. The number of amides is 1. The Hall–Kier alpha value is -1.88. The van der Waals surface area contributed by atoms with Gasteiger partial charge in [-0.05, 0) is 51.8 Å². The number of carbonyl (C=O) groups excluding carboxylic acids is 1. The van der Waals surface area contributed by atoms with Crippen molar-refractivity contribution in [2.24, 2.45) is 5.92 Å². The van der Waals surface area contributed by atoms with Gasteiger partial charge in [-0.1, -0.05) is 12.2 Å². The summed E-state index contributed by atoms with van der Waals surface area (Å²) in [6.07, 6.45) is 9.39. The van der Waals surface area contributed by atoms with Crippen LogP contribution in [0.1, 0.15) is 26.7 Å². The summed E-state index contributed by atoms with van der Waals surface area (Å²) in [5, 5.41) is 17.7. The second kappa shape index (κ2) is 7.94. The van der Waals surface area contributed by atoms with Gasteiger partial charge in [0.2, 0.25) is 0 Å². The summed E-state index contributed by atoms with van der Waals surface area (Å²) in [6, 6.07) is 0.303. The Morgan fingerprint density at radius 2 is 2.18 bits per heavy atom. The van der Waals surface area contributed by atoms with Crippen molar-refractivity contribution in [3.05, 3.63) is 35.6 Å². The van der Waals surface area contributed by atoms with E-state index in [9.17, 15) is 4.79 Å². The van der Waals surface area contributed by atoms with Crippen LogP contribution in [-0.2, 0) is 4.79 Å². The molecular formula is C17H26N4O. The second-order valence-corrected chi connectivity index (χ2v) is 6.14. The SMILES string of the molecule is CC(C)N/C=C1/C=CC=C(C(=O)NCC2CCNCC2)C1=N. The Kier molecular flexibility index (Phi) is 5.95. The van der Waals surface area contributed by atoms with Crippen molar-refractivity contribution in [1.82, 2.24) is 16.0 Å². The van der Waals surface area contributed by atoms with Gasteiger partial charge in [0.05, 0.1) is 11.3 Å². The number of hydrogen-bond acceptors (Lipinski definition) is 4. The van der Waals surface area contributed by atoms with E-state index in [0.29, 0.717) is 24.1 Å². The lowest BCUT2D eigenvalue weighted by Crippen LogP contribution is -2.37. The zero-order chi connectivity index (χ0) is 15.9. The minimum Gasteiger partial charge on any atom is -0.388 e. The number of nitrogens with one attached hydrogen (secondary N) is 4. The normalized spacial score (nSPS) is 21.1. The average Bonchev–Trinajstić information content (AvgIpc) is 2.52. The molecule has 4 N–H and O–H groups in total. The first-order valence-electron chi connectivity index (χ1n) is 8.00. The van der Waals surface area contributed by atoms with E-state index in [0.717, 1.165) is 31.5 Å². The molecule has 0 saturated carbocycles. The van der Waals surface area contributed by atoms with Crippen LogP contribution in [0, 0.1) is 11.3 Å². The molecule has 0 aromatic rings. The molecule has 1 fully saturated rings. The zero-order valence-corrected chi connectivity index (χ0v) is 13.4. The van der Waals surface area contributed by atoms with Gasteiger partial charge in [0.15, 0.2) is 0 Å². The molecule has 2 rings (SSSR count). The average molecular weight is 302 g/mol.